The maximum Gasteiger partial charge on any atom is 0.392 e. The summed E-state index contributed by atoms with van der Waals surface area (Å²) in [7, 11) is 0. The molecular weight excluding hydrogens is 323 g/mol. The third-order valence-corrected chi connectivity index (χ3v) is 4.37. The minimum atomic E-state index is -4.17. The van der Waals surface area contributed by atoms with Crippen LogP contribution in [0, 0.1) is 17.6 Å². The Morgan fingerprint density at radius 2 is 1.59 bits per heavy atom. The van der Waals surface area contributed by atoms with Gasteiger partial charge in [0.1, 0.15) is 16.7 Å². The summed E-state index contributed by atoms with van der Waals surface area (Å²) in [6.45, 7) is 0. The van der Waals surface area contributed by atoms with Crippen LogP contribution >= 0.6 is 11.6 Å². The summed E-state index contributed by atoms with van der Waals surface area (Å²) in [5, 5.41) is -0.507. The van der Waals surface area contributed by atoms with E-state index in [1.165, 1.54) is 12.1 Å². The molecule has 6 heteroatoms. The minimum Gasteiger partial charge on any atom is -0.205 e. The lowest BCUT2D eigenvalue weighted by Gasteiger charge is -2.27. The summed E-state index contributed by atoms with van der Waals surface area (Å²) in [6, 6.07) is 2.49. The molecule has 1 fully saturated rings. The molecule has 0 aliphatic heterocycles. The van der Waals surface area contributed by atoms with E-state index in [-0.39, 0.29) is 11.8 Å². The van der Waals surface area contributed by atoms with Gasteiger partial charge in [-0.15, -0.1) is 0 Å². The molecular formula is C16H16ClF5. The van der Waals surface area contributed by atoms with Gasteiger partial charge in [-0.25, -0.2) is 8.78 Å². The lowest BCUT2D eigenvalue weighted by Crippen LogP contribution is -2.12. The van der Waals surface area contributed by atoms with E-state index in [0.717, 1.165) is 6.08 Å². The van der Waals surface area contributed by atoms with E-state index < -0.39 is 29.3 Å². The van der Waals surface area contributed by atoms with E-state index in [1.54, 1.807) is 6.08 Å². The fraction of sp³-hybridized carbons (Fsp3) is 0.500. The minimum absolute atomic E-state index is 0.0218. The van der Waals surface area contributed by atoms with Gasteiger partial charge < -0.3 is 0 Å². The number of allylic oxidation sites excluding steroid dienone is 2. The third kappa shape index (κ3) is 4.70. The van der Waals surface area contributed by atoms with Gasteiger partial charge in [-0.1, -0.05) is 23.8 Å². The summed E-state index contributed by atoms with van der Waals surface area (Å²) in [5.74, 6) is -1.43. The normalized spacial score (nSPS) is 23.2. The molecule has 0 amide bonds. The molecule has 2 rings (SSSR count). The standard InChI is InChI=1S/C16H16ClF5/c17-15-13(18)8-12(9-14(15)19)11-5-3-10(4-6-11)2-1-7-16(20,21)22/h1-2,8-11H,3-7H2/t10-,11-. The van der Waals surface area contributed by atoms with Crippen LogP contribution < -0.4 is 0 Å². The monoisotopic (exact) mass is 338 g/mol. The first-order chi connectivity index (χ1) is 10.3. The second-order valence-electron chi connectivity index (χ2n) is 5.66. The fourth-order valence-corrected chi connectivity index (χ4v) is 2.96. The van der Waals surface area contributed by atoms with Crippen molar-refractivity contribution in [1.29, 1.82) is 0 Å². The van der Waals surface area contributed by atoms with E-state index >= 15 is 0 Å². The van der Waals surface area contributed by atoms with Crippen molar-refractivity contribution in [2.45, 2.75) is 44.2 Å². The number of hydrogen-bond acceptors (Lipinski definition) is 0. The summed E-state index contributed by atoms with van der Waals surface area (Å²) < 4.78 is 63.1. The smallest absolute Gasteiger partial charge is 0.205 e. The molecule has 122 valence electrons. The second kappa shape index (κ2) is 6.99. The van der Waals surface area contributed by atoms with Crippen LogP contribution in [0.15, 0.2) is 24.3 Å². The van der Waals surface area contributed by atoms with Crippen molar-refractivity contribution in [3.8, 4) is 0 Å². The highest BCUT2D eigenvalue weighted by Gasteiger charge is 2.26. The van der Waals surface area contributed by atoms with Crippen molar-refractivity contribution in [2.24, 2.45) is 5.92 Å². The van der Waals surface area contributed by atoms with Crippen molar-refractivity contribution < 1.29 is 22.0 Å². The summed E-state index contributed by atoms with van der Waals surface area (Å²) >= 11 is 5.45. The molecule has 1 saturated carbocycles. The van der Waals surface area contributed by atoms with Crippen LogP contribution in [0.5, 0.6) is 0 Å². The molecule has 0 aromatic heterocycles. The maximum absolute atomic E-state index is 13.5. The van der Waals surface area contributed by atoms with Crippen molar-refractivity contribution in [3.05, 3.63) is 46.5 Å². The molecule has 22 heavy (non-hydrogen) atoms. The molecule has 1 aromatic rings. The first kappa shape index (κ1) is 17.3. The predicted octanol–water partition coefficient (Wildman–Crippen LogP) is 6.40. The van der Waals surface area contributed by atoms with Crippen LogP contribution in [0.1, 0.15) is 43.6 Å². The lowest BCUT2D eigenvalue weighted by molar-refractivity contribution is -0.125. The summed E-state index contributed by atoms with van der Waals surface area (Å²) in [4.78, 5) is 0. The van der Waals surface area contributed by atoms with Gasteiger partial charge in [-0.05, 0) is 55.2 Å². The fourth-order valence-electron chi connectivity index (χ4n) is 2.85. The average molecular weight is 339 g/mol. The Morgan fingerprint density at radius 3 is 2.09 bits per heavy atom. The molecule has 1 aliphatic rings. The van der Waals surface area contributed by atoms with Gasteiger partial charge >= 0.3 is 6.18 Å². The maximum atomic E-state index is 13.5. The highest BCUT2D eigenvalue weighted by Crippen LogP contribution is 2.38. The highest BCUT2D eigenvalue weighted by atomic mass is 35.5. The van der Waals surface area contributed by atoms with Crippen LogP contribution in [0.4, 0.5) is 22.0 Å². The number of hydrogen-bond donors (Lipinski definition) is 0. The SMILES string of the molecule is Fc1cc([C@H]2CC[C@H](C=CCC(F)(F)F)CC2)cc(F)c1Cl. The van der Waals surface area contributed by atoms with Crippen LogP contribution in [0.25, 0.3) is 0 Å². The molecule has 0 spiro atoms. The third-order valence-electron chi connectivity index (χ3n) is 4.01. The summed E-state index contributed by atoms with van der Waals surface area (Å²) in [6.07, 6.45) is 0.491. The Kier molecular flexibility index (Phi) is 5.48. The number of alkyl halides is 3. The van der Waals surface area contributed by atoms with E-state index in [4.69, 9.17) is 11.6 Å². The van der Waals surface area contributed by atoms with Crippen LogP contribution in [-0.4, -0.2) is 6.18 Å². The summed E-state index contributed by atoms with van der Waals surface area (Å²) in [5.41, 5.74) is 0.567. The number of halogens is 6. The zero-order chi connectivity index (χ0) is 16.3. The molecule has 0 N–H and O–H groups in total. The Morgan fingerprint density at radius 1 is 1.05 bits per heavy atom. The van der Waals surface area contributed by atoms with Gasteiger partial charge in [-0.3, -0.25) is 0 Å². The van der Waals surface area contributed by atoms with Crippen molar-refractivity contribution in [1.82, 2.24) is 0 Å². The molecule has 0 radical (unpaired) electrons. The van der Waals surface area contributed by atoms with Gasteiger partial charge in [0.15, 0.2) is 0 Å². The molecule has 0 bridgehead atoms. The van der Waals surface area contributed by atoms with Crippen molar-refractivity contribution in [3.63, 3.8) is 0 Å². The van der Waals surface area contributed by atoms with Gasteiger partial charge in [0.2, 0.25) is 0 Å². The van der Waals surface area contributed by atoms with E-state index in [1.807, 2.05) is 0 Å². The largest absolute Gasteiger partial charge is 0.392 e. The van der Waals surface area contributed by atoms with Crippen LogP contribution in [0.2, 0.25) is 5.02 Å². The Bertz CT molecular complexity index is 519. The van der Waals surface area contributed by atoms with Gasteiger partial charge in [0.25, 0.3) is 0 Å². The van der Waals surface area contributed by atoms with E-state index in [0.29, 0.717) is 31.2 Å². The zero-order valence-electron chi connectivity index (χ0n) is 11.8. The molecule has 0 heterocycles. The Hall–Kier alpha value is -1.10. The second-order valence-corrected chi connectivity index (χ2v) is 6.04. The zero-order valence-corrected chi connectivity index (χ0v) is 12.5. The number of benzene rings is 1. The molecule has 0 nitrogen and oxygen atoms in total. The highest BCUT2D eigenvalue weighted by molar-refractivity contribution is 6.30. The lowest BCUT2D eigenvalue weighted by atomic mass is 9.78. The van der Waals surface area contributed by atoms with Crippen molar-refractivity contribution >= 4 is 11.6 Å². The Labute approximate surface area is 131 Å². The van der Waals surface area contributed by atoms with Gasteiger partial charge in [0, 0.05) is 0 Å². The van der Waals surface area contributed by atoms with Gasteiger partial charge in [-0.2, -0.15) is 13.2 Å². The molecule has 0 atom stereocenters. The topological polar surface area (TPSA) is 0 Å². The quantitative estimate of drug-likeness (QED) is 0.340. The van der Waals surface area contributed by atoms with Gasteiger partial charge in [0.05, 0.1) is 6.42 Å². The molecule has 0 unspecified atom stereocenters. The average Bonchev–Trinajstić information content (AvgIpc) is 2.43. The van der Waals surface area contributed by atoms with E-state index in [9.17, 15) is 22.0 Å². The Balaban J connectivity index is 1.92. The predicted molar refractivity (Wildman–Crippen MR) is 75.9 cm³/mol. The first-order valence-electron chi connectivity index (χ1n) is 7.14. The molecule has 1 aliphatic carbocycles. The number of rotatable bonds is 3. The molecule has 1 aromatic carbocycles. The van der Waals surface area contributed by atoms with Crippen molar-refractivity contribution in [2.75, 3.05) is 0 Å². The molecule has 0 saturated heterocycles. The van der Waals surface area contributed by atoms with Crippen LogP contribution in [0.3, 0.4) is 0 Å². The van der Waals surface area contributed by atoms with E-state index in [2.05, 4.69) is 0 Å². The first-order valence-corrected chi connectivity index (χ1v) is 7.52. The van der Waals surface area contributed by atoms with Crippen LogP contribution in [-0.2, 0) is 0 Å².